The van der Waals surface area contributed by atoms with Crippen LogP contribution in [0.1, 0.15) is 18.9 Å². The van der Waals surface area contributed by atoms with E-state index in [2.05, 4.69) is 6.58 Å². The summed E-state index contributed by atoms with van der Waals surface area (Å²) < 4.78 is 5.40. The first-order valence-electron chi connectivity index (χ1n) is 4.87. The van der Waals surface area contributed by atoms with Crippen LogP contribution >= 0.6 is 0 Å². The van der Waals surface area contributed by atoms with E-state index in [-0.39, 0.29) is 0 Å². The number of primary amides is 1. The first-order chi connectivity index (χ1) is 7.15. The molecule has 1 aromatic carbocycles. The van der Waals surface area contributed by atoms with Gasteiger partial charge in [-0.1, -0.05) is 25.6 Å². The Morgan fingerprint density at radius 2 is 2.00 bits per heavy atom. The average Bonchev–Trinajstić information content (AvgIpc) is 2.26. The third-order valence-corrected chi connectivity index (χ3v) is 1.97. The second-order valence-corrected chi connectivity index (χ2v) is 3.22. The second kappa shape index (κ2) is 5.20. The third kappa shape index (κ3) is 3.13. The van der Waals surface area contributed by atoms with Gasteiger partial charge in [0.1, 0.15) is 5.75 Å². The number of rotatable bonds is 5. The van der Waals surface area contributed by atoms with Crippen molar-refractivity contribution in [3.8, 4) is 5.75 Å². The van der Waals surface area contributed by atoms with E-state index in [1.807, 2.05) is 6.92 Å². The van der Waals surface area contributed by atoms with Gasteiger partial charge >= 0.3 is 0 Å². The summed E-state index contributed by atoms with van der Waals surface area (Å²) in [6.45, 7) is 6.34. The monoisotopic (exact) mass is 205 g/mol. The van der Waals surface area contributed by atoms with E-state index in [9.17, 15) is 4.79 Å². The summed E-state index contributed by atoms with van der Waals surface area (Å²) in [5.41, 5.74) is 6.16. The molecular formula is C12H15NO2. The number of hydrogen-bond donors (Lipinski definition) is 1. The van der Waals surface area contributed by atoms with Crippen LogP contribution in [-0.4, -0.2) is 12.5 Å². The van der Waals surface area contributed by atoms with Gasteiger partial charge in [0.25, 0.3) is 0 Å². The molecule has 0 aliphatic heterocycles. The predicted molar refractivity (Wildman–Crippen MR) is 60.5 cm³/mol. The van der Waals surface area contributed by atoms with Gasteiger partial charge in [0, 0.05) is 5.57 Å². The summed E-state index contributed by atoms with van der Waals surface area (Å²) >= 11 is 0. The van der Waals surface area contributed by atoms with Crippen LogP contribution in [0.4, 0.5) is 0 Å². The quantitative estimate of drug-likeness (QED) is 0.747. The van der Waals surface area contributed by atoms with E-state index in [4.69, 9.17) is 10.5 Å². The van der Waals surface area contributed by atoms with Gasteiger partial charge < -0.3 is 10.5 Å². The van der Waals surface area contributed by atoms with Crippen molar-refractivity contribution < 1.29 is 9.53 Å². The van der Waals surface area contributed by atoms with Crippen LogP contribution in [0.2, 0.25) is 0 Å². The zero-order valence-electron chi connectivity index (χ0n) is 8.82. The van der Waals surface area contributed by atoms with Crippen molar-refractivity contribution in [2.75, 3.05) is 6.61 Å². The number of nitrogens with two attached hydrogens (primary N) is 1. The Kier molecular flexibility index (Phi) is 3.92. The number of ether oxygens (including phenoxy) is 1. The number of hydrogen-bond acceptors (Lipinski definition) is 2. The van der Waals surface area contributed by atoms with Crippen LogP contribution in [0.5, 0.6) is 5.75 Å². The highest BCUT2D eigenvalue weighted by atomic mass is 16.5. The summed E-state index contributed by atoms with van der Waals surface area (Å²) in [6.07, 6.45) is 0.968. The zero-order chi connectivity index (χ0) is 11.3. The highest BCUT2D eigenvalue weighted by molar-refractivity contribution is 6.17. The minimum absolute atomic E-state index is 0.317. The van der Waals surface area contributed by atoms with Crippen LogP contribution in [0, 0.1) is 0 Å². The normalized spacial score (nSPS) is 9.67. The van der Waals surface area contributed by atoms with Crippen molar-refractivity contribution in [1.82, 2.24) is 0 Å². The fraction of sp³-hybridized carbons (Fsp3) is 0.250. The van der Waals surface area contributed by atoms with Gasteiger partial charge in [-0.3, -0.25) is 4.79 Å². The molecule has 0 bridgehead atoms. The molecule has 0 aliphatic carbocycles. The first kappa shape index (κ1) is 11.3. The molecule has 0 aromatic heterocycles. The maximum Gasteiger partial charge on any atom is 0.248 e. The first-order valence-corrected chi connectivity index (χ1v) is 4.87. The summed E-state index contributed by atoms with van der Waals surface area (Å²) in [7, 11) is 0. The maximum absolute atomic E-state index is 10.8. The molecule has 0 heterocycles. The highest BCUT2D eigenvalue weighted by Gasteiger charge is 2.04. The molecule has 0 unspecified atom stereocenters. The lowest BCUT2D eigenvalue weighted by molar-refractivity contribution is -0.112. The minimum atomic E-state index is -0.503. The van der Waals surface area contributed by atoms with Gasteiger partial charge in [0.05, 0.1) is 6.61 Å². The molecule has 1 aromatic rings. The van der Waals surface area contributed by atoms with Crippen LogP contribution < -0.4 is 10.5 Å². The van der Waals surface area contributed by atoms with Crippen molar-refractivity contribution in [1.29, 1.82) is 0 Å². The number of amides is 1. The van der Waals surface area contributed by atoms with E-state index in [0.29, 0.717) is 12.2 Å². The van der Waals surface area contributed by atoms with Crippen LogP contribution in [0.15, 0.2) is 30.8 Å². The minimum Gasteiger partial charge on any atom is -0.494 e. The Balaban J connectivity index is 2.72. The summed E-state index contributed by atoms with van der Waals surface area (Å²) in [5, 5.41) is 0. The highest BCUT2D eigenvalue weighted by Crippen LogP contribution is 2.17. The zero-order valence-corrected chi connectivity index (χ0v) is 8.82. The Morgan fingerprint density at radius 3 is 2.47 bits per heavy atom. The smallest absolute Gasteiger partial charge is 0.248 e. The van der Waals surface area contributed by atoms with Gasteiger partial charge in [-0.15, -0.1) is 0 Å². The topological polar surface area (TPSA) is 52.3 Å². The van der Waals surface area contributed by atoms with E-state index in [0.717, 1.165) is 17.7 Å². The average molecular weight is 205 g/mol. The molecule has 2 N–H and O–H groups in total. The van der Waals surface area contributed by atoms with Crippen LogP contribution in [0.3, 0.4) is 0 Å². The molecule has 0 radical (unpaired) electrons. The SMILES string of the molecule is C=C(C(N)=O)c1ccc(OCCC)cc1. The molecule has 0 spiro atoms. The molecule has 0 atom stereocenters. The largest absolute Gasteiger partial charge is 0.494 e. The molecular weight excluding hydrogens is 190 g/mol. The Hall–Kier alpha value is -1.77. The van der Waals surface area contributed by atoms with Gasteiger partial charge in [0.15, 0.2) is 0 Å². The molecule has 3 heteroatoms. The van der Waals surface area contributed by atoms with Crippen molar-refractivity contribution in [2.45, 2.75) is 13.3 Å². The molecule has 0 saturated heterocycles. The lowest BCUT2D eigenvalue weighted by Gasteiger charge is -2.05. The van der Waals surface area contributed by atoms with Crippen LogP contribution in [-0.2, 0) is 4.79 Å². The molecule has 1 amide bonds. The Labute approximate surface area is 89.5 Å². The molecule has 80 valence electrons. The second-order valence-electron chi connectivity index (χ2n) is 3.22. The van der Waals surface area contributed by atoms with Crippen molar-refractivity contribution >= 4 is 11.5 Å². The van der Waals surface area contributed by atoms with E-state index in [1.54, 1.807) is 24.3 Å². The predicted octanol–water partition coefficient (Wildman–Crippen LogP) is 1.97. The molecule has 0 saturated carbocycles. The van der Waals surface area contributed by atoms with Gasteiger partial charge in [-0.05, 0) is 24.1 Å². The molecule has 15 heavy (non-hydrogen) atoms. The van der Waals surface area contributed by atoms with Crippen molar-refractivity contribution in [3.05, 3.63) is 36.4 Å². The van der Waals surface area contributed by atoms with Gasteiger partial charge in [-0.2, -0.15) is 0 Å². The van der Waals surface area contributed by atoms with E-state index >= 15 is 0 Å². The lowest BCUT2D eigenvalue weighted by Crippen LogP contribution is -2.11. The fourth-order valence-electron chi connectivity index (χ4n) is 1.11. The summed E-state index contributed by atoms with van der Waals surface area (Å²) in [4.78, 5) is 10.8. The number of benzene rings is 1. The lowest BCUT2D eigenvalue weighted by atomic mass is 10.1. The molecule has 0 fully saturated rings. The standard InChI is InChI=1S/C12H15NO2/c1-3-8-15-11-6-4-10(5-7-11)9(2)12(13)14/h4-7H,2-3,8H2,1H3,(H2,13,14). The molecule has 3 nitrogen and oxygen atoms in total. The number of carbonyl (C=O) groups excluding carboxylic acids is 1. The maximum atomic E-state index is 10.8. The summed E-state index contributed by atoms with van der Waals surface area (Å²) in [5.74, 6) is 0.287. The Bertz CT molecular complexity index is 354. The number of carbonyl (C=O) groups is 1. The Morgan fingerprint density at radius 1 is 1.40 bits per heavy atom. The van der Waals surface area contributed by atoms with Gasteiger partial charge in [-0.25, -0.2) is 0 Å². The summed E-state index contributed by atoms with van der Waals surface area (Å²) in [6, 6.07) is 7.16. The van der Waals surface area contributed by atoms with E-state index < -0.39 is 5.91 Å². The third-order valence-electron chi connectivity index (χ3n) is 1.97. The molecule has 1 rings (SSSR count). The molecule has 0 aliphatic rings. The van der Waals surface area contributed by atoms with Gasteiger partial charge in [0.2, 0.25) is 5.91 Å². The van der Waals surface area contributed by atoms with E-state index in [1.165, 1.54) is 0 Å². The fourth-order valence-corrected chi connectivity index (χ4v) is 1.11. The van der Waals surface area contributed by atoms with Crippen LogP contribution in [0.25, 0.3) is 5.57 Å². The van der Waals surface area contributed by atoms with Crippen molar-refractivity contribution in [3.63, 3.8) is 0 Å². The van der Waals surface area contributed by atoms with Crippen molar-refractivity contribution in [2.24, 2.45) is 5.73 Å².